The van der Waals surface area contributed by atoms with E-state index in [2.05, 4.69) is 39.9 Å². The largest absolute Gasteiger partial charge is 0.309 e. The molecule has 0 radical (unpaired) electrons. The van der Waals surface area contributed by atoms with E-state index in [0.29, 0.717) is 11.0 Å². The lowest BCUT2D eigenvalue weighted by molar-refractivity contribution is 0.0758. The fourth-order valence-electron chi connectivity index (χ4n) is 1.93. The monoisotopic (exact) mass is 169 g/mol. The van der Waals surface area contributed by atoms with Crippen LogP contribution >= 0.6 is 0 Å². The van der Waals surface area contributed by atoms with Gasteiger partial charge < -0.3 is 5.32 Å². The molecule has 1 atom stereocenters. The van der Waals surface area contributed by atoms with Gasteiger partial charge in [-0.05, 0) is 38.5 Å². The van der Waals surface area contributed by atoms with Gasteiger partial charge in [0.15, 0.2) is 0 Å². The molecule has 0 aliphatic carbocycles. The molecule has 1 rings (SSSR count). The molecule has 72 valence electrons. The Labute approximate surface area is 76.9 Å². The van der Waals surface area contributed by atoms with E-state index in [-0.39, 0.29) is 0 Å². The predicted octanol–water partition coefficient (Wildman–Crippen LogP) is 2.95. The topological polar surface area (TPSA) is 12.0 Å². The zero-order chi connectivity index (χ0) is 9.41. The van der Waals surface area contributed by atoms with Crippen LogP contribution in [0.3, 0.4) is 0 Å². The van der Waals surface area contributed by atoms with Crippen LogP contribution in [0, 0.1) is 5.41 Å². The highest BCUT2D eigenvalue weighted by Crippen LogP contribution is 2.39. The Hall–Kier alpha value is -0.0400. The second-order valence-electron chi connectivity index (χ2n) is 5.30. The van der Waals surface area contributed by atoms with E-state index in [1.165, 1.54) is 19.3 Å². The Morgan fingerprint density at radius 3 is 2.25 bits per heavy atom. The van der Waals surface area contributed by atoms with E-state index in [1.807, 2.05) is 0 Å². The van der Waals surface area contributed by atoms with E-state index in [0.717, 1.165) is 6.04 Å². The highest BCUT2D eigenvalue weighted by Gasteiger charge is 2.41. The van der Waals surface area contributed by atoms with Gasteiger partial charge in [-0.15, -0.1) is 0 Å². The predicted molar refractivity (Wildman–Crippen MR) is 54.3 cm³/mol. The zero-order valence-corrected chi connectivity index (χ0v) is 9.20. The number of hydrogen-bond acceptors (Lipinski definition) is 1. The van der Waals surface area contributed by atoms with E-state index in [9.17, 15) is 0 Å². The molecule has 0 aromatic rings. The standard InChI is InChI=1S/C11H23N/c1-6-9-7-8-10(2,3)11(4,5)12-9/h9,12H,6-8H2,1-5H3. The maximum Gasteiger partial charge on any atom is 0.0178 e. The minimum absolute atomic E-state index is 0.298. The van der Waals surface area contributed by atoms with Crippen molar-refractivity contribution in [3.63, 3.8) is 0 Å². The van der Waals surface area contributed by atoms with Crippen molar-refractivity contribution < 1.29 is 0 Å². The van der Waals surface area contributed by atoms with Gasteiger partial charge in [0.05, 0.1) is 0 Å². The van der Waals surface area contributed by atoms with Crippen LogP contribution in [-0.2, 0) is 0 Å². The van der Waals surface area contributed by atoms with Crippen molar-refractivity contribution in [2.75, 3.05) is 0 Å². The Balaban J connectivity index is 2.68. The quantitative estimate of drug-likeness (QED) is 0.636. The minimum atomic E-state index is 0.298. The average molecular weight is 169 g/mol. The van der Waals surface area contributed by atoms with E-state index >= 15 is 0 Å². The molecule has 0 aromatic heterocycles. The SMILES string of the molecule is CCC1CCC(C)(C)C(C)(C)N1. The maximum absolute atomic E-state index is 3.73. The number of piperidine rings is 1. The van der Waals surface area contributed by atoms with E-state index in [1.54, 1.807) is 0 Å². The van der Waals surface area contributed by atoms with Gasteiger partial charge in [-0.25, -0.2) is 0 Å². The van der Waals surface area contributed by atoms with Gasteiger partial charge in [0.2, 0.25) is 0 Å². The first kappa shape index (κ1) is 10.0. The third-order valence-electron chi connectivity index (χ3n) is 3.87. The molecule has 12 heavy (non-hydrogen) atoms. The highest BCUT2D eigenvalue weighted by molar-refractivity contribution is 4.99. The lowest BCUT2D eigenvalue weighted by Gasteiger charge is -2.49. The van der Waals surface area contributed by atoms with Gasteiger partial charge >= 0.3 is 0 Å². The fourth-order valence-corrected chi connectivity index (χ4v) is 1.93. The van der Waals surface area contributed by atoms with Crippen LogP contribution < -0.4 is 5.32 Å². The fraction of sp³-hybridized carbons (Fsp3) is 1.00. The molecule has 0 amide bonds. The normalized spacial score (nSPS) is 33.2. The summed E-state index contributed by atoms with van der Waals surface area (Å²) in [4.78, 5) is 0. The van der Waals surface area contributed by atoms with Crippen molar-refractivity contribution in [3.05, 3.63) is 0 Å². The summed E-state index contributed by atoms with van der Waals surface area (Å²) >= 11 is 0. The number of hydrogen-bond donors (Lipinski definition) is 1. The molecule has 0 spiro atoms. The van der Waals surface area contributed by atoms with Crippen molar-refractivity contribution in [1.82, 2.24) is 5.32 Å². The van der Waals surface area contributed by atoms with Gasteiger partial charge in [-0.3, -0.25) is 0 Å². The molecular weight excluding hydrogens is 146 g/mol. The first-order valence-corrected chi connectivity index (χ1v) is 5.17. The molecule has 1 unspecified atom stereocenters. The molecule has 1 saturated heterocycles. The van der Waals surface area contributed by atoms with Crippen molar-refractivity contribution >= 4 is 0 Å². The third kappa shape index (κ3) is 1.66. The average Bonchev–Trinajstić information content (AvgIpc) is 1.95. The van der Waals surface area contributed by atoms with Crippen LogP contribution in [0.25, 0.3) is 0 Å². The first-order chi connectivity index (χ1) is 5.39. The molecule has 1 N–H and O–H groups in total. The summed E-state index contributed by atoms with van der Waals surface area (Å²) in [5, 5.41) is 3.73. The minimum Gasteiger partial charge on any atom is -0.309 e. The van der Waals surface area contributed by atoms with Crippen molar-refractivity contribution in [1.29, 1.82) is 0 Å². The Morgan fingerprint density at radius 1 is 1.25 bits per heavy atom. The Morgan fingerprint density at radius 2 is 1.83 bits per heavy atom. The molecule has 1 heteroatoms. The van der Waals surface area contributed by atoms with Crippen molar-refractivity contribution in [2.24, 2.45) is 5.41 Å². The molecule has 1 aliphatic rings. The van der Waals surface area contributed by atoms with Gasteiger partial charge in [0.1, 0.15) is 0 Å². The molecule has 1 heterocycles. The highest BCUT2D eigenvalue weighted by atomic mass is 15.0. The van der Waals surface area contributed by atoms with Crippen LogP contribution in [0.5, 0.6) is 0 Å². The second-order valence-corrected chi connectivity index (χ2v) is 5.30. The number of rotatable bonds is 1. The second kappa shape index (κ2) is 3.02. The van der Waals surface area contributed by atoms with E-state index < -0.39 is 0 Å². The summed E-state index contributed by atoms with van der Waals surface area (Å²) in [5.41, 5.74) is 0.741. The molecule has 0 bridgehead atoms. The summed E-state index contributed by atoms with van der Waals surface area (Å²) < 4.78 is 0. The molecule has 1 aliphatic heterocycles. The lowest BCUT2D eigenvalue weighted by atomic mass is 9.67. The summed E-state index contributed by atoms with van der Waals surface area (Å²) in [7, 11) is 0. The van der Waals surface area contributed by atoms with Crippen LogP contribution in [-0.4, -0.2) is 11.6 Å². The van der Waals surface area contributed by atoms with Gasteiger partial charge in [-0.1, -0.05) is 20.8 Å². The third-order valence-corrected chi connectivity index (χ3v) is 3.87. The molecule has 0 saturated carbocycles. The number of nitrogens with one attached hydrogen (secondary N) is 1. The van der Waals surface area contributed by atoms with Crippen molar-refractivity contribution in [2.45, 2.75) is 65.5 Å². The van der Waals surface area contributed by atoms with Crippen LogP contribution in [0.1, 0.15) is 53.9 Å². The van der Waals surface area contributed by atoms with Gasteiger partial charge in [-0.2, -0.15) is 0 Å². The summed E-state index contributed by atoms with van der Waals surface area (Å²) in [6.07, 6.45) is 3.96. The molecular formula is C11H23N. The maximum atomic E-state index is 3.73. The molecule has 1 fully saturated rings. The Kier molecular flexibility index (Phi) is 2.53. The van der Waals surface area contributed by atoms with Crippen molar-refractivity contribution in [3.8, 4) is 0 Å². The molecule has 0 aromatic carbocycles. The van der Waals surface area contributed by atoms with Gasteiger partial charge in [0.25, 0.3) is 0 Å². The summed E-state index contributed by atoms with van der Waals surface area (Å²) in [5.74, 6) is 0. The van der Waals surface area contributed by atoms with Crippen LogP contribution in [0.4, 0.5) is 0 Å². The lowest BCUT2D eigenvalue weighted by Crippen LogP contribution is -2.58. The van der Waals surface area contributed by atoms with E-state index in [4.69, 9.17) is 0 Å². The van der Waals surface area contributed by atoms with Crippen LogP contribution in [0.15, 0.2) is 0 Å². The molecule has 1 nitrogen and oxygen atoms in total. The van der Waals surface area contributed by atoms with Gasteiger partial charge in [0, 0.05) is 11.6 Å². The smallest absolute Gasteiger partial charge is 0.0178 e. The Bertz CT molecular complexity index is 158. The summed E-state index contributed by atoms with van der Waals surface area (Å²) in [6, 6.07) is 0.744. The summed E-state index contributed by atoms with van der Waals surface area (Å²) in [6.45, 7) is 11.7. The van der Waals surface area contributed by atoms with Crippen LogP contribution in [0.2, 0.25) is 0 Å². The zero-order valence-electron chi connectivity index (χ0n) is 9.20. The first-order valence-electron chi connectivity index (χ1n) is 5.17.